The molecular weight excluding hydrogens is 444 g/mol. The Morgan fingerprint density at radius 2 is 1.88 bits per heavy atom. The topological polar surface area (TPSA) is 76.1 Å². The van der Waals surface area contributed by atoms with Crippen molar-refractivity contribution in [3.05, 3.63) is 47.3 Å². The summed E-state index contributed by atoms with van der Waals surface area (Å²) in [5.74, 6) is 0. The van der Waals surface area contributed by atoms with Gasteiger partial charge in [-0.2, -0.15) is 4.31 Å². The fraction of sp³-hybridized carbons (Fsp3) is 0.565. The normalized spacial score (nSPS) is 24.1. The van der Waals surface area contributed by atoms with Gasteiger partial charge in [0, 0.05) is 57.5 Å². The van der Waals surface area contributed by atoms with Crippen molar-refractivity contribution in [3.8, 4) is 0 Å². The second kappa shape index (κ2) is 9.40. The first-order valence-corrected chi connectivity index (χ1v) is 13.6. The van der Waals surface area contributed by atoms with E-state index in [2.05, 4.69) is 22.0 Å². The number of aliphatic hydroxyl groups is 1. The number of anilines is 1. The fourth-order valence-electron chi connectivity index (χ4n) is 4.62. The van der Waals surface area contributed by atoms with Crippen molar-refractivity contribution in [2.45, 2.75) is 42.7 Å². The molecule has 2 aromatic rings. The summed E-state index contributed by atoms with van der Waals surface area (Å²) in [6, 6.07) is 12.0. The first-order chi connectivity index (χ1) is 15.1. The largest absolute Gasteiger partial charge is 0.386 e. The van der Waals surface area contributed by atoms with Crippen LogP contribution in [0.3, 0.4) is 0 Å². The number of nitrogens with one attached hydrogen (secondary N) is 1. The zero-order chi connectivity index (χ0) is 22.9. The van der Waals surface area contributed by atoms with E-state index in [4.69, 9.17) is 0 Å². The minimum atomic E-state index is -3.47. The molecule has 9 heteroatoms. The van der Waals surface area contributed by atoms with Gasteiger partial charge in [0.25, 0.3) is 10.0 Å². The van der Waals surface area contributed by atoms with Crippen LogP contribution in [0, 0.1) is 0 Å². The molecular formula is C23H34N4O3S2. The molecule has 2 fully saturated rings. The molecule has 0 aliphatic carbocycles. The van der Waals surface area contributed by atoms with Gasteiger partial charge in [-0.3, -0.25) is 4.90 Å². The minimum absolute atomic E-state index is 0.0526. The van der Waals surface area contributed by atoms with Crippen molar-refractivity contribution >= 4 is 27.0 Å². The lowest BCUT2D eigenvalue weighted by molar-refractivity contribution is 0.0786. The van der Waals surface area contributed by atoms with Crippen LogP contribution in [0.4, 0.5) is 5.69 Å². The van der Waals surface area contributed by atoms with Crippen molar-refractivity contribution in [3.63, 3.8) is 0 Å². The number of nitrogens with zero attached hydrogens (tertiary/aromatic N) is 3. The Kier molecular flexibility index (Phi) is 6.95. The van der Waals surface area contributed by atoms with E-state index in [0.717, 1.165) is 37.4 Å². The van der Waals surface area contributed by atoms with Gasteiger partial charge in [0.15, 0.2) is 0 Å². The molecule has 4 rings (SSSR count). The first-order valence-electron chi connectivity index (χ1n) is 11.2. The van der Waals surface area contributed by atoms with Crippen LogP contribution in [-0.2, 0) is 15.6 Å². The van der Waals surface area contributed by atoms with Crippen LogP contribution in [0.15, 0.2) is 46.0 Å². The summed E-state index contributed by atoms with van der Waals surface area (Å²) in [4.78, 5) is 4.77. The summed E-state index contributed by atoms with van der Waals surface area (Å²) < 4.78 is 28.5. The number of benzene rings is 1. The highest BCUT2D eigenvalue weighted by atomic mass is 32.2. The van der Waals surface area contributed by atoms with Crippen LogP contribution in [-0.4, -0.2) is 80.6 Å². The fourth-order valence-corrected chi connectivity index (χ4v) is 7.23. The van der Waals surface area contributed by atoms with E-state index in [1.54, 1.807) is 30.3 Å². The van der Waals surface area contributed by atoms with Crippen molar-refractivity contribution in [1.29, 1.82) is 0 Å². The summed E-state index contributed by atoms with van der Waals surface area (Å²) in [5.41, 5.74) is 1.05. The zero-order valence-corrected chi connectivity index (χ0v) is 20.7. The van der Waals surface area contributed by atoms with E-state index < -0.39 is 15.6 Å². The lowest BCUT2D eigenvalue weighted by Gasteiger charge is -2.45. The molecule has 176 valence electrons. The number of hydrogen-bond acceptors (Lipinski definition) is 7. The van der Waals surface area contributed by atoms with E-state index in [0.29, 0.717) is 29.9 Å². The lowest BCUT2D eigenvalue weighted by Crippen LogP contribution is -2.60. The maximum atomic E-state index is 13.2. The average Bonchev–Trinajstić information content (AvgIpc) is 3.29. The molecule has 0 amide bonds. The van der Waals surface area contributed by atoms with Gasteiger partial charge in [0.1, 0.15) is 4.21 Å². The number of sulfonamides is 1. The van der Waals surface area contributed by atoms with Crippen molar-refractivity contribution in [2.75, 3.05) is 50.7 Å². The molecule has 0 bridgehead atoms. The molecule has 32 heavy (non-hydrogen) atoms. The zero-order valence-electron chi connectivity index (χ0n) is 19.1. The van der Waals surface area contributed by atoms with Crippen molar-refractivity contribution < 1.29 is 13.5 Å². The minimum Gasteiger partial charge on any atom is -0.386 e. The smallest absolute Gasteiger partial charge is 0.252 e. The van der Waals surface area contributed by atoms with E-state index in [1.165, 1.54) is 11.3 Å². The third-order valence-electron chi connectivity index (χ3n) is 6.36. The standard InChI is InChI=1S/C23H34N4O3S2/c1-18-15-25(11-10-24-18)16-21-17-26(32(29,30)22-5-4-14-31-22)12-13-27(21)20-8-6-19(7-9-20)23(2,3)28/h4-9,14,18,21,24,28H,10-13,15-17H2,1-3H3/t18-,21-/m0/s1. The van der Waals surface area contributed by atoms with Gasteiger partial charge in [-0.05, 0) is 49.9 Å². The maximum absolute atomic E-state index is 13.2. The molecule has 2 aliphatic heterocycles. The van der Waals surface area contributed by atoms with Crippen LogP contribution in [0.25, 0.3) is 0 Å². The Labute approximate surface area is 195 Å². The molecule has 2 N–H and O–H groups in total. The number of hydrogen-bond donors (Lipinski definition) is 2. The van der Waals surface area contributed by atoms with Crippen molar-refractivity contribution in [1.82, 2.24) is 14.5 Å². The van der Waals surface area contributed by atoms with E-state index in [9.17, 15) is 13.5 Å². The Morgan fingerprint density at radius 3 is 2.50 bits per heavy atom. The molecule has 2 atom stereocenters. The molecule has 3 heterocycles. The molecule has 0 spiro atoms. The summed E-state index contributed by atoms with van der Waals surface area (Å²) in [6.45, 7) is 11.0. The Bertz CT molecular complexity index is 987. The number of thiophene rings is 1. The van der Waals surface area contributed by atoms with Gasteiger partial charge in [-0.1, -0.05) is 18.2 Å². The predicted octanol–water partition coefficient (Wildman–Crippen LogP) is 2.15. The second-order valence-corrected chi connectivity index (χ2v) is 12.5. The summed E-state index contributed by atoms with van der Waals surface area (Å²) in [6.07, 6.45) is 0. The second-order valence-electron chi connectivity index (χ2n) is 9.36. The third-order valence-corrected chi connectivity index (χ3v) is 9.60. The van der Waals surface area contributed by atoms with Crippen LogP contribution in [0.2, 0.25) is 0 Å². The van der Waals surface area contributed by atoms with Crippen LogP contribution < -0.4 is 10.2 Å². The van der Waals surface area contributed by atoms with E-state index >= 15 is 0 Å². The quantitative estimate of drug-likeness (QED) is 0.663. The number of rotatable bonds is 6. The molecule has 7 nitrogen and oxygen atoms in total. The first kappa shape index (κ1) is 23.7. The lowest BCUT2D eigenvalue weighted by atomic mass is 9.98. The van der Waals surface area contributed by atoms with Gasteiger partial charge in [0.05, 0.1) is 11.6 Å². The molecule has 0 unspecified atom stereocenters. The van der Waals surface area contributed by atoms with Crippen LogP contribution >= 0.6 is 11.3 Å². The van der Waals surface area contributed by atoms with Gasteiger partial charge in [-0.25, -0.2) is 8.42 Å². The predicted molar refractivity (Wildman–Crippen MR) is 130 cm³/mol. The maximum Gasteiger partial charge on any atom is 0.252 e. The van der Waals surface area contributed by atoms with E-state index in [-0.39, 0.29) is 6.04 Å². The molecule has 0 saturated carbocycles. The van der Waals surface area contributed by atoms with Gasteiger partial charge in [-0.15, -0.1) is 11.3 Å². The SMILES string of the molecule is C[C@H]1CN(C[C@H]2CN(S(=O)(=O)c3cccs3)CCN2c2ccc(C(C)(C)O)cc2)CCN1. The average molecular weight is 479 g/mol. The molecule has 2 saturated heterocycles. The Balaban J connectivity index is 1.58. The highest BCUT2D eigenvalue weighted by Gasteiger charge is 2.36. The van der Waals surface area contributed by atoms with Gasteiger partial charge < -0.3 is 15.3 Å². The summed E-state index contributed by atoms with van der Waals surface area (Å²) >= 11 is 1.28. The van der Waals surface area contributed by atoms with Gasteiger partial charge >= 0.3 is 0 Å². The summed E-state index contributed by atoms with van der Waals surface area (Å²) in [5, 5.41) is 15.6. The Morgan fingerprint density at radius 1 is 1.12 bits per heavy atom. The molecule has 1 aromatic heterocycles. The highest BCUT2D eigenvalue weighted by molar-refractivity contribution is 7.91. The summed E-state index contributed by atoms with van der Waals surface area (Å²) in [7, 11) is -3.47. The molecule has 2 aliphatic rings. The van der Waals surface area contributed by atoms with Gasteiger partial charge in [0.2, 0.25) is 0 Å². The number of piperazine rings is 2. The van der Waals surface area contributed by atoms with E-state index in [1.807, 2.05) is 29.6 Å². The monoisotopic (exact) mass is 478 g/mol. The van der Waals surface area contributed by atoms with Crippen LogP contribution in [0.1, 0.15) is 26.3 Å². The molecule has 0 radical (unpaired) electrons. The van der Waals surface area contributed by atoms with Crippen LogP contribution in [0.5, 0.6) is 0 Å². The third kappa shape index (κ3) is 5.18. The highest BCUT2D eigenvalue weighted by Crippen LogP contribution is 2.29. The van der Waals surface area contributed by atoms with Crippen molar-refractivity contribution in [2.24, 2.45) is 0 Å². The Hall–Kier alpha value is -1.49. The molecule has 1 aromatic carbocycles.